The van der Waals surface area contributed by atoms with Gasteiger partial charge in [-0.1, -0.05) is 215 Å². The highest BCUT2D eigenvalue weighted by Gasteiger charge is 2.46. The number of rotatable bonds is 5. The van der Waals surface area contributed by atoms with E-state index in [2.05, 4.69) is 308 Å². The molecule has 0 atom stereocenters. The number of ether oxygens (including phenoxy) is 1. The number of nitrogens with zero attached hydrogens (tertiary/aromatic N) is 3. The summed E-state index contributed by atoms with van der Waals surface area (Å²) in [5.74, 6) is 1.61. The highest BCUT2D eigenvalue weighted by molar-refractivity contribution is 7.00. The quantitative estimate of drug-likeness (QED) is 0.160. The van der Waals surface area contributed by atoms with Crippen LogP contribution in [0.5, 0.6) is 11.5 Å². The van der Waals surface area contributed by atoms with E-state index in [0.29, 0.717) is 0 Å². The molecule has 0 bridgehead atoms. The van der Waals surface area contributed by atoms with E-state index in [0.717, 1.165) is 90.1 Å². The smallest absolute Gasteiger partial charge is 0.252 e. The molecular formula is C76H54BN3O. The topological polar surface area (TPSA) is 20.6 Å². The van der Waals surface area contributed by atoms with Crippen LogP contribution in [0.1, 0.15) is 26.3 Å². The van der Waals surface area contributed by atoms with Crippen LogP contribution in [0, 0.1) is 0 Å². The number of benzene rings is 12. The van der Waals surface area contributed by atoms with Crippen LogP contribution in [0.4, 0.5) is 34.1 Å². The van der Waals surface area contributed by atoms with Gasteiger partial charge in [0.05, 0.1) is 16.7 Å². The molecule has 3 aliphatic rings. The number of hydrogen-bond acceptors (Lipinski definition) is 3. The lowest BCUT2D eigenvalue weighted by Crippen LogP contribution is -2.61. The molecule has 4 heterocycles. The van der Waals surface area contributed by atoms with Crippen LogP contribution in [0.25, 0.3) is 83.1 Å². The van der Waals surface area contributed by atoms with Gasteiger partial charge in [0.15, 0.2) is 0 Å². The summed E-state index contributed by atoms with van der Waals surface area (Å²) in [4.78, 5) is 5.22. The lowest BCUT2D eigenvalue weighted by molar-refractivity contribution is 0.486. The third-order valence-corrected chi connectivity index (χ3v) is 17.1. The van der Waals surface area contributed by atoms with E-state index >= 15 is 0 Å². The van der Waals surface area contributed by atoms with Gasteiger partial charge in [-0.2, -0.15) is 0 Å². The molecule has 0 fully saturated rings. The maximum atomic E-state index is 7.30. The maximum absolute atomic E-state index is 7.30. The Morgan fingerprint density at radius 1 is 0.333 bits per heavy atom. The summed E-state index contributed by atoms with van der Waals surface area (Å²) in [6.45, 7) is 6.89. The first kappa shape index (κ1) is 47.0. The number of hydrogen-bond donors (Lipinski definition) is 0. The van der Waals surface area contributed by atoms with Crippen LogP contribution in [-0.4, -0.2) is 11.3 Å². The van der Waals surface area contributed by atoms with Crippen LogP contribution in [0.15, 0.2) is 273 Å². The third-order valence-electron chi connectivity index (χ3n) is 17.1. The molecule has 13 aromatic rings. The fourth-order valence-corrected chi connectivity index (χ4v) is 13.3. The standard InChI is InChI=1S/C76H54BN3O/c1-76(2,3)55-46-70-74-71(47-55)80-68-42-37-53(50-23-9-5-10-24-50)43-62(68)60-29-15-19-33-72(60)81-73-34-20-16-30-61(73)63-44-54(51-25-11-6-12-26-51)45-65(75(63)80)77(74)64-41-40-57(79-66-31-17-13-27-58(66)59-28-14-18-32-67(59)79)48-69(64)78(70)56-38-35-52(36-39-56)49-21-7-4-8-22-49/h4-48H,1-3H3. The normalized spacial score (nSPS) is 12.9. The van der Waals surface area contributed by atoms with Crippen molar-refractivity contribution in [2.45, 2.75) is 26.2 Å². The Morgan fingerprint density at radius 2 is 0.827 bits per heavy atom. The van der Waals surface area contributed by atoms with Gasteiger partial charge >= 0.3 is 0 Å². The van der Waals surface area contributed by atoms with Gasteiger partial charge in [-0.3, -0.25) is 0 Å². The molecule has 3 aliphatic heterocycles. The molecule has 0 N–H and O–H groups in total. The minimum atomic E-state index is -0.237. The van der Waals surface area contributed by atoms with Crippen molar-refractivity contribution in [3.8, 4) is 72.8 Å². The van der Waals surface area contributed by atoms with Crippen molar-refractivity contribution in [1.29, 1.82) is 0 Å². The highest BCUT2D eigenvalue weighted by Crippen LogP contribution is 2.55. The molecule has 0 spiro atoms. The van der Waals surface area contributed by atoms with Crippen LogP contribution in [-0.2, 0) is 5.41 Å². The number of aromatic nitrogens is 1. The maximum Gasteiger partial charge on any atom is 0.252 e. The largest absolute Gasteiger partial charge is 0.456 e. The average Bonchev–Trinajstić information content (AvgIpc) is 4.02. The van der Waals surface area contributed by atoms with E-state index in [1.54, 1.807) is 0 Å². The predicted molar refractivity (Wildman–Crippen MR) is 341 cm³/mol. The van der Waals surface area contributed by atoms with Gasteiger partial charge in [0.25, 0.3) is 6.71 Å². The van der Waals surface area contributed by atoms with Crippen molar-refractivity contribution in [2.24, 2.45) is 0 Å². The van der Waals surface area contributed by atoms with E-state index in [1.807, 2.05) is 0 Å². The second kappa shape index (κ2) is 18.2. The molecule has 382 valence electrons. The van der Waals surface area contributed by atoms with Gasteiger partial charge in [-0.25, -0.2) is 0 Å². The summed E-state index contributed by atoms with van der Waals surface area (Å²) >= 11 is 0. The molecule has 1 aromatic heterocycles. The monoisotopic (exact) mass is 1040 g/mol. The summed E-state index contributed by atoms with van der Waals surface area (Å²) in [5.41, 5.74) is 26.2. The van der Waals surface area contributed by atoms with Crippen molar-refractivity contribution in [3.63, 3.8) is 0 Å². The van der Waals surface area contributed by atoms with E-state index in [9.17, 15) is 0 Å². The molecule has 4 nitrogen and oxygen atoms in total. The predicted octanol–water partition coefficient (Wildman–Crippen LogP) is 18.6. The Labute approximate surface area is 473 Å². The summed E-state index contributed by atoms with van der Waals surface area (Å²) in [6.07, 6.45) is 0. The zero-order valence-electron chi connectivity index (χ0n) is 45.3. The zero-order chi connectivity index (χ0) is 53.9. The van der Waals surface area contributed by atoms with Crippen molar-refractivity contribution in [1.82, 2.24) is 4.57 Å². The van der Waals surface area contributed by atoms with E-state index in [1.165, 1.54) is 60.6 Å². The Morgan fingerprint density at radius 3 is 1.46 bits per heavy atom. The summed E-state index contributed by atoms with van der Waals surface area (Å²) in [6, 6.07) is 101. The molecular weight excluding hydrogens is 982 g/mol. The Hall–Kier alpha value is -10.1. The van der Waals surface area contributed by atoms with Crippen LogP contribution in [0.3, 0.4) is 0 Å². The SMILES string of the molecule is CC(C)(C)c1cc2c3c(c1)N1c4ccc(-c5ccccc5)cc4-c4ccccc4Oc4ccccc4-c4cc(-c5ccccc5)cc(c41)B3c1ccc(-n3c4ccccc4c4ccccc43)cc1N2c1ccc(-c2ccccc2)cc1. The molecule has 0 saturated heterocycles. The number of para-hydroxylation sites is 4. The lowest BCUT2D eigenvalue weighted by atomic mass is 9.33. The molecule has 12 aromatic carbocycles. The van der Waals surface area contributed by atoms with Crippen LogP contribution < -0.4 is 30.9 Å². The lowest BCUT2D eigenvalue weighted by Gasteiger charge is -2.46. The molecule has 0 aliphatic carbocycles. The highest BCUT2D eigenvalue weighted by atomic mass is 16.5. The van der Waals surface area contributed by atoms with E-state index in [-0.39, 0.29) is 12.1 Å². The molecule has 81 heavy (non-hydrogen) atoms. The second-order valence-electron chi connectivity index (χ2n) is 22.8. The van der Waals surface area contributed by atoms with Gasteiger partial charge in [0, 0.05) is 67.2 Å². The van der Waals surface area contributed by atoms with Gasteiger partial charge in [0.2, 0.25) is 0 Å². The first-order chi connectivity index (χ1) is 39.8. The van der Waals surface area contributed by atoms with E-state index < -0.39 is 0 Å². The van der Waals surface area contributed by atoms with Crippen molar-refractivity contribution in [3.05, 3.63) is 279 Å². The van der Waals surface area contributed by atoms with E-state index in [4.69, 9.17) is 4.74 Å². The van der Waals surface area contributed by atoms with Gasteiger partial charge in [-0.05, 0) is 140 Å². The molecule has 0 radical (unpaired) electrons. The van der Waals surface area contributed by atoms with Gasteiger partial charge in [0.1, 0.15) is 11.5 Å². The third kappa shape index (κ3) is 7.46. The Kier molecular flexibility index (Phi) is 10.6. The van der Waals surface area contributed by atoms with Crippen LogP contribution >= 0.6 is 0 Å². The van der Waals surface area contributed by atoms with Crippen molar-refractivity contribution < 1.29 is 4.74 Å². The van der Waals surface area contributed by atoms with Gasteiger partial charge in [-0.15, -0.1) is 0 Å². The second-order valence-corrected chi connectivity index (χ2v) is 22.8. The molecule has 0 unspecified atom stereocenters. The molecule has 5 heteroatoms. The fraction of sp³-hybridized carbons (Fsp3) is 0.0526. The minimum Gasteiger partial charge on any atom is -0.456 e. The Balaban J connectivity index is 1.06. The molecule has 16 rings (SSSR count). The Bertz CT molecular complexity index is 4600. The zero-order valence-corrected chi connectivity index (χ0v) is 45.3. The number of fused-ring (bicyclic) bond motifs is 13. The number of anilines is 6. The average molecular weight is 1040 g/mol. The molecule has 0 saturated carbocycles. The van der Waals surface area contributed by atoms with Crippen molar-refractivity contribution >= 4 is 79.0 Å². The van der Waals surface area contributed by atoms with Crippen LogP contribution in [0.2, 0.25) is 0 Å². The minimum absolute atomic E-state index is 0.185. The first-order valence-electron chi connectivity index (χ1n) is 28.2. The summed E-state index contributed by atoms with van der Waals surface area (Å²) < 4.78 is 9.77. The fourth-order valence-electron chi connectivity index (χ4n) is 13.3. The molecule has 0 amide bonds. The van der Waals surface area contributed by atoms with Crippen molar-refractivity contribution in [2.75, 3.05) is 9.80 Å². The summed E-state index contributed by atoms with van der Waals surface area (Å²) in [5, 5.41) is 2.48. The summed E-state index contributed by atoms with van der Waals surface area (Å²) in [7, 11) is 0. The van der Waals surface area contributed by atoms with Gasteiger partial charge < -0.3 is 19.1 Å². The first-order valence-corrected chi connectivity index (χ1v) is 28.2.